The Kier molecular flexibility index (Phi) is 1.40. The minimum absolute atomic E-state index is 0.262. The van der Waals surface area contributed by atoms with Crippen LogP contribution < -0.4 is 0 Å². The van der Waals surface area contributed by atoms with Crippen LogP contribution >= 0.6 is 0 Å². The quantitative estimate of drug-likeness (QED) is 0.566. The van der Waals surface area contributed by atoms with Crippen molar-refractivity contribution in [2.45, 2.75) is 71.0 Å². The van der Waals surface area contributed by atoms with Crippen LogP contribution in [0.1, 0.15) is 59.8 Å². The summed E-state index contributed by atoms with van der Waals surface area (Å²) in [5.74, 6) is 1.79. The highest BCUT2D eigenvalue weighted by Gasteiger charge is 2.88. The summed E-state index contributed by atoms with van der Waals surface area (Å²) in [5, 5.41) is 0. The Morgan fingerprint density at radius 2 is 1.81 bits per heavy atom. The average molecular weight is 220 g/mol. The molecule has 5 atom stereocenters. The van der Waals surface area contributed by atoms with E-state index in [4.69, 9.17) is 4.74 Å². The summed E-state index contributed by atoms with van der Waals surface area (Å²) in [6.07, 6.45) is 6.98. The maximum Gasteiger partial charge on any atom is 0.104 e. The van der Waals surface area contributed by atoms with E-state index >= 15 is 0 Å². The zero-order valence-corrected chi connectivity index (χ0v) is 11.1. The zero-order valence-electron chi connectivity index (χ0n) is 11.1. The Bertz CT molecular complexity index is 374. The number of hydrogen-bond donors (Lipinski definition) is 0. The van der Waals surface area contributed by atoms with E-state index in [9.17, 15) is 0 Å². The second kappa shape index (κ2) is 2.25. The van der Waals surface area contributed by atoms with Crippen molar-refractivity contribution in [1.29, 1.82) is 0 Å². The first-order valence-corrected chi connectivity index (χ1v) is 7.10. The van der Waals surface area contributed by atoms with Crippen molar-refractivity contribution in [3.63, 3.8) is 0 Å². The maximum absolute atomic E-state index is 6.36. The lowest BCUT2D eigenvalue weighted by Crippen LogP contribution is -2.49. The van der Waals surface area contributed by atoms with Gasteiger partial charge in [-0.3, -0.25) is 0 Å². The highest BCUT2D eigenvalue weighted by atomic mass is 16.6. The van der Waals surface area contributed by atoms with Crippen LogP contribution in [0.2, 0.25) is 0 Å². The first kappa shape index (κ1) is 9.94. The maximum atomic E-state index is 6.36. The van der Waals surface area contributed by atoms with Crippen molar-refractivity contribution >= 4 is 0 Å². The molecule has 1 nitrogen and oxygen atoms in total. The molecule has 4 fully saturated rings. The van der Waals surface area contributed by atoms with E-state index in [-0.39, 0.29) is 5.60 Å². The lowest BCUT2D eigenvalue weighted by molar-refractivity contribution is -0.0665. The van der Waals surface area contributed by atoms with Crippen molar-refractivity contribution in [3.8, 4) is 0 Å². The fourth-order valence-electron chi connectivity index (χ4n) is 6.50. The molecule has 4 rings (SSSR count). The summed E-state index contributed by atoms with van der Waals surface area (Å²) in [6, 6.07) is 0. The molecule has 1 heterocycles. The number of hydrogen-bond acceptors (Lipinski definition) is 1. The summed E-state index contributed by atoms with van der Waals surface area (Å²) in [4.78, 5) is 0. The van der Waals surface area contributed by atoms with Crippen molar-refractivity contribution in [1.82, 2.24) is 0 Å². The molecule has 2 bridgehead atoms. The minimum atomic E-state index is 0.262. The molecule has 4 aliphatic rings. The van der Waals surface area contributed by atoms with E-state index in [1.165, 1.54) is 32.1 Å². The van der Waals surface area contributed by atoms with Crippen LogP contribution in [0.25, 0.3) is 0 Å². The van der Waals surface area contributed by atoms with Crippen molar-refractivity contribution < 1.29 is 4.74 Å². The lowest BCUT2D eigenvalue weighted by atomic mass is 9.52. The normalized spacial score (nSPS) is 65.2. The number of rotatable bonds is 0. The molecule has 0 amide bonds. The number of fused-ring (bicyclic) bond motifs is 1. The molecule has 0 aromatic heterocycles. The molecule has 1 saturated heterocycles. The van der Waals surface area contributed by atoms with E-state index < -0.39 is 0 Å². The first-order chi connectivity index (χ1) is 7.40. The second-order valence-electron chi connectivity index (χ2n) is 7.73. The van der Waals surface area contributed by atoms with E-state index in [0.29, 0.717) is 16.4 Å². The van der Waals surface area contributed by atoms with Gasteiger partial charge in [0.25, 0.3) is 0 Å². The molecule has 2 spiro atoms. The molecule has 16 heavy (non-hydrogen) atoms. The van der Waals surface area contributed by atoms with Gasteiger partial charge >= 0.3 is 0 Å². The third-order valence-corrected chi connectivity index (χ3v) is 7.42. The summed E-state index contributed by atoms with van der Waals surface area (Å²) in [6.45, 7) is 9.95. The van der Waals surface area contributed by atoms with E-state index in [1.807, 2.05) is 0 Å². The SMILES string of the molecule is C[C@H]1CC[C@@H]2C[C@@]34O[C@]3(C)CC[C@]14C2(C)C. The third kappa shape index (κ3) is 0.652. The van der Waals surface area contributed by atoms with Crippen molar-refractivity contribution in [2.24, 2.45) is 22.7 Å². The van der Waals surface area contributed by atoms with Gasteiger partial charge in [-0.05, 0) is 56.3 Å². The van der Waals surface area contributed by atoms with Crippen LogP contribution in [0.4, 0.5) is 0 Å². The molecular formula is C15H24O. The predicted molar refractivity (Wildman–Crippen MR) is 64.2 cm³/mol. The molecule has 0 unspecified atom stereocenters. The Morgan fingerprint density at radius 1 is 1.06 bits per heavy atom. The molecular weight excluding hydrogens is 196 g/mol. The molecule has 90 valence electrons. The third-order valence-electron chi connectivity index (χ3n) is 7.42. The molecule has 0 aromatic rings. The van der Waals surface area contributed by atoms with Crippen LogP contribution in [0.5, 0.6) is 0 Å². The van der Waals surface area contributed by atoms with Gasteiger partial charge in [-0.15, -0.1) is 0 Å². The Balaban J connectivity index is 1.95. The lowest BCUT2D eigenvalue weighted by Gasteiger charge is -2.52. The number of epoxide rings is 1. The van der Waals surface area contributed by atoms with E-state index in [1.54, 1.807) is 0 Å². The summed E-state index contributed by atoms with van der Waals surface area (Å²) >= 11 is 0. The van der Waals surface area contributed by atoms with Gasteiger partial charge in [0.05, 0.1) is 5.60 Å². The Hall–Kier alpha value is -0.0400. The highest BCUT2D eigenvalue weighted by Crippen LogP contribution is 2.84. The molecule has 3 aliphatic carbocycles. The Labute approximate surface area is 98.9 Å². The average Bonchev–Trinajstić information content (AvgIpc) is 2.67. The molecule has 1 heteroatoms. The van der Waals surface area contributed by atoms with Gasteiger partial charge in [0.15, 0.2) is 0 Å². The smallest absolute Gasteiger partial charge is 0.104 e. The van der Waals surface area contributed by atoms with Gasteiger partial charge in [0.2, 0.25) is 0 Å². The molecule has 0 aromatic carbocycles. The molecule has 3 saturated carbocycles. The monoisotopic (exact) mass is 220 g/mol. The zero-order chi connectivity index (χ0) is 11.4. The summed E-state index contributed by atoms with van der Waals surface area (Å²) < 4.78 is 6.36. The Morgan fingerprint density at radius 3 is 2.50 bits per heavy atom. The van der Waals surface area contributed by atoms with E-state index in [0.717, 1.165) is 11.8 Å². The standard InChI is InChI=1S/C15H24O/c1-10-5-6-11-9-15-13(4,16-15)7-8-14(10,15)12(11,2)3/h10-11H,5-9H2,1-4H3/t10-,11+,13+,14+,15+/m0/s1. The van der Waals surface area contributed by atoms with Crippen LogP contribution in [-0.4, -0.2) is 11.2 Å². The van der Waals surface area contributed by atoms with E-state index in [2.05, 4.69) is 27.7 Å². The predicted octanol–water partition coefficient (Wildman–Crippen LogP) is 3.77. The molecule has 0 N–H and O–H groups in total. The van der Waals surface area contributed by atoms with Crippen LogP contribution in [0.15, 0.2) is 0 Å². The summed E-state index contributed by atoms with van der Waals surface area (Å²) in [7, 11) is 0. The van der Waals surface area contributed by atoms with Crippen LogP contribution in [0, 0.1) is 22.7 Å². The molecule has 1 aliphatic heterocycles. The van der Waals surface area contributed by atoms with Gasteiger partial charge in [0.1, 0.15) is 5.60 Å². The van der Waals surface area contributed by atoms with Gasteiger partial charge in [-0.25, -0.2) is 0 Å². The topological polar surface area (TPSA) is 12.5 Å². The van der Waals surface area contributed by atoms with Crippen molar-refractivity contribution in [3.05, 3.63) is 0 Å². The number of ether oxygens (including phenoxy) is 1. The fourth-order valence-corrected chi connectivity index (χ4v) is 6.50. The van der Waals surface area contributed by atoms with Gasteiger partial charge in [-0.1, -0.05) is 20.8 Å². The van der Waals surface area contributed by atoms with Crippen LogP contribution in [0.3, 0.4) is 0 Å². The summed E-state index contributed by atoms with van der Waals surface area (Å²) in [5.41, 5.74) is 1.58. The largest absolute Gasteiger partial charge is 0.362 e. The minimum Gasteiger partial charge on any atom is -0.362 e. The van der Waals surface area contributed by atoms with Gasteiger partial charge in [-0.2, -0.15) is 0 Å². The molecule has 0 radical (unpaired) electrons. The van der Waals surface area contributed by atoms with Crippen LogP contribution in [-0.2, 0) is 4.74 Å². The van der Waals surface area contributed by atoms with Crippen molar-refractivity contribution in [2.75, 3.05) is 0 Å². The second-order valence-corrected chi connectivity index (χ2v) is 7.73. The van der Waals surface area contributed by atoms with Gasteiger partial charge in [0, 0.05) is 5.41 Å². The first-order valence-electron chi connectivity index (χ1n) is 7.10. The van der Waals surface area contributed by atoms with Gasteiger partial charge < -0.3 is 4.74 Å². The fraction of sp³-hybridized carbons (Fsp3) is 1.00. The highest BCUT2D eigenvalue weighted by molar-refractivity contribution is 5.36.